The van der Waals surface area contributed by atoms with Gasteiger partial charge in [-0.25, -0.2) is 0 Å². The SMILES string of the molecule is Nc1cccc(CN2CCC(CCO)CC2)c1. The lowest BCUT2D eigenvalue weighted by atomic mass is 9.94. The number of rotatable bonds is 4. The number of benzene rings is 1. The molecule has 2 rings (SSSR count). The van der Waals surface area contributed by atoms with Gasteiger partial charge in [-0.3, -0.25) is 4.90 Å². The van der Waals surface area contributed by atoms with Crippen molar-refractivity contribution in [3.05, 3.63) is 29.8 Å². The Hall–Kier alpha value is -1.06. The summed E-state index contributed by atoms with van der Waals surface area (Å²) in [6.07, 6.45) is 3.39. The van der Waals surface area contributed by atoms with Gasteiger partial charge in [0, 0.05) is 18.8 Å². The van der Waals surface area contributed by atoms with Crippen LogP contribution in [-0.4, -0.2) is 29.7 Å². The Morgan fingerprint density at radius 2 is 2.06 bits per heavy atom. The molecule has 1 fully saturated rings. The van der Waals surface area contributed by atoms with E-state index in [-0.39, 0.29) is 0 Å². The Kier molecular flexibility index (Phi) is 4.40. The lowest BCUT2D eigenvalue weighted by molar-refractivity contribution is 0.153. The first-order chi connectivity index (χ1) is 8.28. The average molecular weight is 234 g/mol. The van der Waals surface area contributed by atoms with Gasteiger partial charge in [0.1, 0.15) is 0 Å². The predicted octanol–water partition coefficient (Wildman–Crippen LogP) is 1.86. The van der Waals surface area contributed by atoms with Crippen LogP contribution in [0.3, 0.4) is 0 Å². The van der Waals surface area contributed by atoms with E-state index in [1.807, 2.05) is 12.1 Å². The van der Waals surface area contributed by atoms with E-state index in [1.54, 1.807) is 0 Å². The highest BCUT2D eigenvalue weighted by atomic mass is 16.3. The molecule has 94 valence electrons. The molecule has 0 bridgehead atoms. The third-order valence-electron chi connectivity index (χ3n) is 3.60. The Balaban J connectivity index is 1.82. The molecular formula is C14H22N2O. The second-order valence-corrected chi connectivity index (χ2v) is 4.98. The number of aliphatic hydroxyl groups is 1. The molecule has 1 heterocycles. The number of hydrogen-bond donors (Lipinski definition) is 2. The van der Waals surface area contributed by atoms with E-state index in [1.165, 1.54) is 18.4 Å². The molecule has 3 N–H and O–H groups in total. The van der Waals surface area contributed by atoms with Crippen molar-refractivity contribution < 1.29 is 5.11 Å². The monoisotopic (exact) mass is 234 g/mol. The normalized spacial score (nSPS) is 18.4. The fourth-order valence-corrected chi connectivity index (χ4v) is 2.57. The van der Waals surface area contributed by atoms with Gasteiger partial charge in [-0.1, -0.05) is 12.1 Å². The number of anilines is 1. The largest absolute Gasteiger partial charge is 0.399 e. The van der Waals surface area contributed by atoms with Crippen molar-refractivity contribution in [2.45, 2.75) is 25.8 Å². The van der Waals surface area contributed by atoms with Crippen molar-refractivity contribution in [3.63, 3.8) is 0 Å². The Bertz CT molecular complexity index is 346. The van der Waals surface area contributed by atoms with E-state index in [0.29, 0.717) is 6.61 Å². The zero-order chi connectivity index (χ0) is 12.1. The van der Waals surface area contributed by atoms with Gasteiger partial charge < -0.3 is 10.8 Å². The van der Waals surface area contributed by atoms with E-state index >= 15 is 0 Å². The molecule has 1 aliphatic rings. The zero-order valence-electron chi connectivity index (χ0n) is 10.3. The maximum Gasteiger partial charge on any atom is 0.0433 e. The summed E-state index contributed by atoms with van der Waals surface area (Å²) in [6.45, 7) is 3.61. The highest BCUT2D eigenvalue weighted by Gasteiger charge is 2.18. The third-order valence-corrected chi connectivity index (χ3v) is 3.60. The Labute approximate surface area is 103 Å². The highest BCUT2D eigenvalue weighted by Crippen LogP contribution is 2.21. The molecule has 1 aliphatic heterocycles. The maximum absolute atomic E-state index is 8.92. The molecular weight excluding hydrogens is 212 g/mol. The second-order valence-electron chi connectivity index (χ2n) is 4.98. The minimum atomic E-state index is 0.333. The molecule has 0 saturated carbocycles. The van der Waals surface area contributed by atoms with E-state index in [2.05, 4.69) is 17.0 Å². The van der Waals surface area contributed by atoms with Crippen LogP contribution >= 0.6 is 0 Å². The fourth-order valence-electron chi connectivity index (χ4n) is 2.57. The number of likely N-dealkylation sites (tertiary alicyclic amines) is 1. The van der Waals surface area contributed by atoms with Crippen LogP contribution in [0.5, 0.6) is 0 Å². The van der Waals surface area contributed by atoms with Crippen molar-refractivity contribution in [2.24, 2.45) is 5.92 Å². The van der Waals surface area contributed by atoms with Gasteiger partial charge in [-0.15, -0.1) is 0 Å². The lowest BCUT2D eigenvalue weighted by Gasteiger charge is -2.31. The first kappa shape index (κ1) is 12.4. The number of piperidine rings is 1. The van der Waals surface area contributed by atoms with Crippen molar-refractivity contribution >= 4 is 5.69 Å². The standard InChI is InChI=1S/C14H22N2O/c15-14-3-1-2-13(10-14)11-16-7-4-12(5-8-16)6-9-17/h1-3,10,12,17H,4-9,11,15H2. The quantitative estimate of drug-likeness (QED) is 0.782. The van der Waals surface area contributed by atoms with Crippen molar-refractivity contribution in [2.75, 3.05) is 25.4 Å². The minimum absolute atomic E-state index is 0.333. The van der Waals surface area contributed by atoms with E-state index < -0.39 is 0 Å². The Morgan fingerprint density at radius 1 is 1.29 bits per heavy atom. The summed E-state index contributed by atoms with van der Waals surface area (Å²) in [4.78, 5) is 2.47. The first-order valence-electron chi connectivity index (χ1n) is 6.45. The van der Waals surface area contributed by atoms with Crippen LogP contribution < -0.4 is 5.73 Å². The first-order valence-corrected chi connectivity index (χ1v) is 6.45. The minimum Gasteiger partial charge on any atom is -0.399 e. The van der Waals surface area contributed by atoms with Crippen LogP contribution in [0.1, 0.15) is 24.8 Å². The van der Waals surface area contributed by atoms with Gasteiger partial charge >= 0.3 is 0 Å². The van der Waals surface area contributed by atoms with E-state index in [4.69, 9.17) is 10.8 Å². The highest BCUT2D eigenvalue weighted by molar-refractivity contribution is 5.40. The molecule has 0 amide bonds. The topological polar surface area (TPSA) is 49.5 Å². The smallest absolute Gasteiger partial charge is 0.0433 e. The molecule has 0 spiro atoms. The van der Waals surface area contributed by atoms with E-state index in [0.717, 1.165) is 37.7 Å². The summed E-state index contributed by atoms with van der Waals surface area (Å²) in [6, 6.07) is 8.14. The molecule has 3 heteroatoms. The van der Waals surface area contributed by atoms with E-state index in [9.17, 15) is 0 Å². The summed E-state index contributed by atoms with van der Waals surface area (Å²) in [7, 11) is 0. The summed E-state index contributed by atoms with van der Waals surface area (Å²) in [5.41, 5.74) is 7.92. The number of nitrogen functional groups attached to an aromatic ring is 1. The molecule has 0 radical (unpaired) electrons. The maximum atomic E-state index is 8.92. The van der Waals surface area contributed by atoms with Crippen LogP contribution in [0.4, 0.5) is 5.69 Å². The molecule has 0 unspecified atom stereocenters. The van der Waals surface area contributed by atoms with Gasteiger partial charge in [0.25, 0.3) is 0 Å². The summed E-state index contributed by atoms with van der Waals surface area (Å²) >= 11 is 0. The summed E-state index contributed by atoms with van der Waals surface area (Å²) in [5, 5.41) is 8.92. The molecule has 3 nitrogen and oxygen atoms in total. The zero-order valence-corrected chi connectivity index (χ0v) is 10.3. The number of hydrogen-bond acceptors (Lipinski definition) is 3. The molecule has 1 saturated heterocycles. The number of aliphatic hydroxyl groups excluding tert-OH is 1. The molecule has 0 aromatic heterocycles. The number of nitrogens with zero attached hydrogens (tertiary/aromatic N) is 1. The van der Waals surface area contributed by atoms with Gasteiger partial charge in [0.05, 0.1) is 0 Å². The van der Waals surface area contributed by atoms with Crippen LogP contribution in [0, 0.1) is 5.92 Å². The van der Waals surface area contributed by atoms with Crippen LogP contribution in [0.2, 0.25) is 0 Å². The summed E-state index contributed by atoms with van der Waals surface area (Å²) in [5.74, 6) is 0.720. The van der Waals surface area contributed by atoms with Crippen molar-refractivity contribution in [3.8, 4) is 0 Å². The van der Waals surface area contributed by atoms with Crippen molar-refractivity contribution in [1.82, 2.24) is 4.90 Å². The van der Waals surface area contributed by atoms with Gasteiger partial charge in [0.2, 0.25) is 0 Å². The molecule has 1 aromatic carbocycles. The molecule has 0 atom stereocenters. The van der Waals surface area contributed by atoms with Gasteiger partial charge in [-0.2, -0.15) is 0 Å². The average Bonchev–Trinajstić information content (AvgIpc) is 2.32. The van der Waals surface area contributed by atoms with Crippen LogP contribution in [0.25, 0.3) is 0 Å². The third kappa shape index (κ3) is 3.72. The Morgan fingerprint density at radius 3 is 2.71 bits per heavy atom. The second kappa shape index (κ2) is 6.03. The molecule has 17 heavy (non-hydrogen) atoms. The van der Waals surface area contributed by atoms with Crippen molar-refractivity contribution in [1.29, 1.82) is 0 Å². The van der Waals surface area contributed by atoms with Crippen LogP contribution in [-0.2, 0) is 6.54 Å². The lowest BCUT2D eigenvalue weighted by Crippen LogP contribution is -2.33. The van der Waals surface area contributed by atoms with Gasteiger partial charge in [-0.05, 0) is 56.0 Å². The van der Waals surface area contributed by atoms with Crippen LogP contribution in [0.15, 0.2) is 24.3 Å². The predicted molar refractivity (Wildman–Crippen MR) is 70.6 cm³/mol. The van der Waals surface area contributed by atoms with Gasteiger partial charge in [0.15, 0.2) is 0 Å². The fraction of sp³-hybridized carbons (Fsp3) is 0.571. The molecule has 1 aromatic rings. The summed E-state index contributed by atoms with van der Waals surface area (Å²) < 4.78 is 0. The molecule has 0 aliphatic carbocycles. The number of nitrogens with two attached hydrogens (primary N) is 1.